The minimum absolute atomic E-state index is 0.0358. The molecule has 0 amide bonds. The van der Waals surface area contributed by atoms with Crippen LogP contribution in [0.25, 0.3) is 0 Å². The van der Waals surface area contributed by atoms with Crippen LogP contribution in [0, 0.1) is 11.8 Å². The first-order chi connectivity index (χ1) is 7.27. The van der Waals surface area contributed by atoms with E-state index in [1.54, 1.807) is 0 Å². The van der Waals surface area contributed by atoms with Gasteiger partial charge in [-0.05, 0) is 24.7 Å². The van der Waals surface area contributed by atoms with Crippen molar-refractivity contribution in [2.24, 2.45) is 11.8 Å². The smallest absolute Gasteiger partial charge is 0.357 e. The first-order valence-electron chi connectivity index (χ1n) is 5.46. The van der Waals surface area contributed by atoms with E-state index in [0.29, 0.717) is 23.6 Å². The van der Waals surface area contributed by atoms with Gasteiger partial charge in [-0.25, -0.2) is 9.78 Å². The van der Waals surface area contributed by atoms with E-state index in [-0.39, 0.29) is 5.69 Å². The molecule has 0 radical (unpaired) electrons. The highest BCUT2D eigenvalue weighted by Gasteiger charge is 2.54. The molecule has 2 atom stereocenters. The van der Waals surface area contributed by atoms with Crippen LogP contribution in [-0.2, 0) is 0 Å². The van der Waals surface area contributed by atoms with Crippen LogP contribution >= 0.6 is 0 Å². The fourth-order valence-electron chi connectivity index (χ4n) is 2.90. The van der Waals surface area contributed by atoms with Gasteiger partial charge in [0, 0.05) is 5.92 Å². The van der Waals surface area contributed by atoms with Crippen molar-refractivity contribution in [2.75, 3.05) is 0 Å². The Labute approximate surface area is 87.3 Å². The second kappa shape index (κ2) is 3.08. The van der Waals surface area contributed by atoms with Gasteiger partial charge >= 0.3 is 5.97 Å². The number of aromatic carboxylic acids is 1. The summed E-state index contributed by atoms with van der Waals surface area (Å²) in [5.41, 5.74) is 0.0358. The summed E-state index contributed by atoms with van der Waals surface area (Å²) in [5, 5.41) is 8.74. The van der Waals surface area contributed by atoms with Gasteiger partial charge in [0.05, 0.1) is 0 Å². The van der Waals surface area contributed by atoms with E-state index in [4.69, 9.17) is 9.52 Å². The second-order valence-corrected chi connectivity index (χ2v) is 4.51. The summed E-state index contributed by atoms with van der Waals surface area (Å²) in [7, 11) is 0. The third kappa shape index (κ3) is 1.35. The first-order valence-corrected chi connectivity index (χ1v) is 5.46. The molecule has 4 heteroatoms. The zero-order chi connectivity index (χ0) is 10.4. The Morgan fingerprint density at radius 2 is 2.07 bits per heavy atom. The van der Waals surface area contributed by atoms with Crippen LogP contribution in [0.15, 0.2) is 10.7 Å². The molecule has 0 saturated heterocycles. The van der Waals surface area contributed by atoms with E-state index in [1.807, 2.05) is 0 Å². The van der Waals surface area contributed by atoms with Crippen LogP contribution in [0.4, 0.5) is 0 Å². The lowest BCUT2D eigenvalue weighted by Gasteiger charge is -2.04. The van der Waals surface area contributed by atoms with Crippen molar-refractivity contribution in [3.63, 3.8) is 0 Å². The second-order valence-electron chi connectivity index (χ2n) is 4.51. The van der Waals surface area contributed by atoms with Gasteiger partial charge in [0.15, 0.2) is 11.6 Å². The molecule has 0 aromatic carbocycles. The number of aromatic nitrogens is 1. The number of hydrogen-bond donors (Lipinski definition) is 1. The molecule has 15 heavy (non-hydrogen) atoms. The Morgan fingerprint density at radius 1 is 1.40 bits per heavy atom. The number of nitrogens with zero attached hydrogens (tertiary/aromatic N) is 1. The Balaban J connectivity index is 1.79. The van der Waals surface area contributed by atoms with Gasteiger partial charge in [0.25, 0.3) is 0 Å². The molecule has 0 spiro atoms. The molecule has 0 aliphatic heterocycles. The summed E-state index contributed by atoms with van der Waals surface area (Å²) in [6, 6.07) is 0. The van der Waals surface area contributed by atoms with E-state index < -0.39 is 5.97 Å². The van der Waals surface area contributed by atoms with E-state index >= 15 is 0 Å². The average Bonchev–Trinajstić information content (AvgIpc) is 2.75. The Hall–Kier alpha value is -1.32. The van der Waals surface area contributed by atoms with Crippen LogP contribution in [0.1, 0.15) is 48.0 Å². The molecule has 2 aliphatic rings. The van der Waals surface area contributed by atoms with Crippen molar-refractivity contribution in [2.45, 2.75) is 31.6 Å². The van der Waals surface area contributed by atoms with Gasteiger partial charge in [0.2, 0.25) is 0 Å². The van der Waals surface area contributed by atoms with Crippen LogP contribution in [0.5, 0.6) is 0 Å². The fourth-order valence-corrected chi connectivity index (χ4v) is 2.90. The largest absolute Gasteiger partial charge is 0.476 e. The molecule has 3 rings (SSSR count). The lowest BCUT2D eigenvalue weighted by atomic mass is 10.0. The summed E-state index contributed by atoms with van der Waals surface area (Å²) >= 11 is 0. The van der Waals surface area contributed by atoms with Gasteiger partial charge in [0.1, 0.15) is 6.26 Å². The normalized spacial score (nSPS) is 33.5. The van der Waals surface area contributed by atoms with Crippen LogP contribution < -0.4 is 0 Å². The van der Waals surface area contributed by atoms with Crippen molar-refractivity contribution in [1.29, 1.82) is 0 Å². The summed E-state index contributed by atoms with van der Waals surface area (Å²) in [6.07, 6.45) is 6.34. The van der Waals surface area contributed by atoms with Crippen molar-refractivity contribution < 1.29 is 14.3 Å². The Bertz CT molecular complexity index is 386. The van der Waals surface area contributed by atoms with E-state index in [1.165, 1.54) is 31.9 Å². The molecule has 0 bridgehead atoms. The van der Waals surface area contributed by atoms with E-state index in [2.05, 4.69) is 4.98 Å². The maximum absolute atomic E-state index is 10.6. The summed E-state index contributed by atoms with van der Waals surface area (Å²) in [4.78, 5) is 14.7. The lowest BCUT2D eigenvalue weighted by molar-refractivity contribution is 0.0690. The highest BCUT2D eigenvalue weighted by atomic mass is 16.4. The van der Waals surface area contributed by atoms with Crippen molar-refractivity contribution in [3.8, 4) is 0 Å². The van der Waals surface area contributed by atoms with E-state index in [9.17, 15) is 4.79 Å². The summed E-state index contributed by atoms with van der Waals surface area (Å²) < 4.78 is 5.25. The number of oxazole rings is 1. The fraction of sp³-hybridized carbons (Fsp3) is 0.636. The third-order valence-electron chi connectivity index (χ3n) is 3.68. The maximum atomic E-state index is 10.6. The predicted octanol–water partition coefficient (Wildman–Crippen LogP) is 2.28. The quantitative estimate of drug-likeness (QED) is 0.808. The van der Waals surface area contributed by atoms with Crippen molar-refractivity contribution in [3.05, 3.63) is 17.8 Å². The first kappa shape index (κ1) is 8.95. The monoisotopic (exact) mass is 207 g/mol. The van der Waals surface area contributed by atoms with Crippen molar-refractivity contribution >= 4 is 5.97 Å². The SMILES string of the molecule is O=C(O)c1coc(C2C3CCCCC32)n1. The minimum atomic E-state index is -1.01. The number of rotatable bonds is 2. The highest BCUT2D eigenvalue weighted by molar-refractivity contribution is 5.84. The summed E-state index contributed by atoms with van der Waals surface area (Å²) in [5.74, 6) is 1.46. The maximum Gasteiger partial charge on any atom is 0.357 e. The topological polar surface area (TPSA) is 63.3 Å². The average molecular weight is 207 g/mol. The van der Waals surface area contributed by atoms with Crippen LogP contribution in [0.2, 0.25) is 0 Å². The minimum Gasteiger partial charge on any atom is -0.476 e. The molecule has 1 heterocycles. The van der Waals surface area contributed by atoms with Gasteiger partial charge in [-0.3, -0.25) is 0 Å². The van der Waals surface area contributed by atoms with Gasteiger partial charge in [-0.1, -0.05) is 12.8 Å². The number of fused-ring (bicyclic) bond motifs is 1. The number of hydrogen-bond acceptors (Lipinski definition) is 3. The van der Waals surface area contributed by atoms with Gasteiger partial charge in [-0.2, -0.15) is 0 Å². The molecule has 1 aromatic rings. The molecule has 4 nitrogen and oxygen atoms in total. The van der Waals surface area contributed by atoms with Gasteiger partial charge in [-0.15, -0.1) is 0 Å². The van der Waals surface area contributed by atoms with Gasteiger partial charge < -0.3 is 9.52 Å². The van der Waals surface area contributed by atoms with Crippen molar-refractivity contribution in [1.82, 2.24) is 4.98 Å². The zero-order valence-electron chi connectivity index (χ0n) is 8.35. The number of carboxylic acid groups (broad SMARTS) is 1. The molecule has 1 N–H and O–H groups in total. The number of carbonyl (C=O) groups is 1. The Morgan fingerprint density at radius 3 is 2.60 bits per heavy atom. The van der Waals surface area contributed by atoms with E-state index in [0.717, 1.165) is 0 Å². The Kier molecular flexibility index (Phi) is 1.84. The molecule has 2 unspecified atom stereocenters. The molecule has 80 valence electrons. The standard InChI is InChI=1S/C11H13NO3/c13-11(14)8-5-15-10(12-8)9-6-3-1-2-4-7(6)9/h5-7,9H,1-4H2,(H,13,14). The highest BCUT2D eigenvalue weighted by Crippen LogP contribution is 2.60. The molecular weight excluding hydrogens is 194 g/mol. The third-order valence-corrected chi connectivity index (χ3v) is 3.68. The molecule has 2 saturated carbocycles. The number of carboxylic acids is 1. The molecule has 1 aromatic heterocycles. The molecule has 2 fully saturated rings. The predicted molar refractivity (Wildman–Crippen MR) is 51.7 cm³/mol. The molecular formula is C11H13NO3. The lowest BCUT2D eigenvalue weighted by Crippen LogP contribution is -1.96. The molecule has 2 aliphatic carbocycles. The summed E-state index contributed by atoms with van der Waals surface area (Å²) in [6.45, 7) is 0. The van der Waals surface area contributed by atoms with Crippen LogP contribution in [-0.4, -0.2) is 16.1 Å². The van der Waals surface area contributed by atoms with Crippen LogP contribution in [0.3, 0.4) is 0 Å². The zero-order valence-corrected chi connectivity index (χ0v) is 8.35.